The van der Waals surface area contributed by atoms with Crippen LogP contribution in [0.2, 0.25) is 5.02 Å². The van der Waals surface area contributed by atoms with E-state index in [4.69, 9.17) is 16.0 Å². The molecule has 6 heteroatoms. The Kier molecular flexibility index (Phi) is 5.89. The first-order valence-electron chi connectivity index (χ1n) is 8.43. The number of nitrogens with one attached hydrogen (secondary N) is 1. The zero-order chi connectivity index (χ0) is 17.6. The smallest absolute Gasteiger partial charge is 0.234 e. The highest BCUT2D eigenvalue weighted by molar-refractivity contribution is 6.30. The van der Waals surface area contributed by atoms with Crippen molar-refractivity contribution in [3.05, 3.63) is 59.0 Å². The molecule has 0 atom stereocenters. The van der Waals surface area contributed by atoms with Crippen LogP contribution in [0.1, 0.15) is 29.0 Å². The molecule has 0 spiro atoms. The zero-order valence-electron chi connectivity index (χ0n) is 13.9. The number of furan rings is 1. The average Bonchev–Trinajstić information content (AvgIpc) is 3.14. The lowest BCUT2D eigenvalue weighted by Gasteiger charge is -2.30. The van der Waals surface area contributed by atoms with Crippen LogP contribution in [0.25, 0.3) is 0 Å². The van der Waals surface area contributed by atoms with Crippen LogP contribution in [0.4, 0.5) is 0 Å². The first-order chi connectivity index (χ1) is 12.1. The molecule has 0 saturated carbocycles. The van der Waals surface area contributed by atoms with Crippen LogP contribution in [0.5, 0.6) is 0 Å². The molecule has 1 amide bonds. The predicted octanol–water partition coefficient (Wildman–Crippen LogP) is 3.14. The average molecular weight is 361 g/mol. The number of rotatable bonds is 6. The van der Waals surface area contributed by atoms with Crippen LogP contribution >= 0.6 is 11.6 Å². The van der Waals surface area contributed by atoms with Gasteiger partial charge in [0.05, 0.1) is 19.4 Å². The summed E-state index contributed by atoms with van der Waals surface area (Å²) < 4.78 is 5.19. The molecule has 0 aliphatic carbocycles. The van der Waals surface area contributed by atoms with E-state index in [1.165, 1.54) is 0 Å². The Balaban J connectivity index is 1.42. The largest absolute Gasteiger partial charge is 0.467 e. The van der Waals surface area contributed by atoms with E-state index in [-0.39, 0.29) is 17.6 Å². The number of ketones is 1. The van der Waals surface area contributed by atoms with Gasteiger partial charge in [-0.25, -0.2) is 0 Å². The second-order valence-corrected chi connectivity index (χ2v) is 6.71. The predicted molar refractivity (Wildman–Crippen MR) is 95.5 cm³/mol. The van der Waals surface area contributed by atoms with Crippen molar-refractivity contribution in [2.45, 2.75) is 19.4 Å². The second kappa shape index (κ2) is 8.32. The van der Waals surface area contributed by atoms with Crippen molar-refractivity contribution in [1.29, 1.82) is 0 Å². The van der Waals surface area contributed by atoms with E-state index >= 15 is 0 Å². The van der Waals surface area contributed by atoms with Gasteiger partial charge in [-0.3, -0.25) is 14.5 Å². The molecule has 1 aliphatic rings. The van der Waals surface area contributed by atoms with Gasteiger partial charge in [0.2, 0.25) is 5.91 Å². The Hall–Kier alpha value is -2.11. The van der Waals surface area contributed by atoms with E-state index in [0.717, 1.165) is 31.7 Å². The zero-order valence-corrected chi connectivity index (χ0v) is 14.7. The number of benzene rings is 1. The maximum absolute atomic E-state index is 12.5. The molecular formula is C19H21ClN2O3. The summed E-state index contributed by atoms with van der Waals surface area (Å²) in [4.78, 5) is 26.6. The van der Waals surface area contributed by atoms with E-state index in [1.54, 1.807) is 36.6 Å². The highest BCUT2D eigenvalue weighted by Crippen LogP contribution is 2.22. The molecule has 2 aromatic rings. The summed E-state index contributed by atoms with van der Waals surface area (Å²) in [6.45, 7) is 2.25. The van der Waals surface area contributed by atoms with Crippen molar-refractivity contribution in [3.8, 4) is 0 Å². The van der Waals surface area contributed by atoms with Gasteiger partial charge in [-0.2, -0.15) is 0 Å². The minimum atomic E-state index is -0.0288. The monoisotopic (exact) mass is 360 g/mol. The molecule has 1 aliphatic heterocycles. The first kappa shape index (κ1) is 17.7. The van der Waals surface area contributed by atoms with Crippen LogP contribution < -0.4 is 5.32 Å². The number of hydrogen-bond donors (Lipinski definition) is 1. The molecule has 25 heavy (non-hydrogen) atoms. The molecule has 0 unspecified atom stereocenters. The first-order valence-corrected chi connectivity index (χ1v) is 8.81. The number of Topliss-reactive ketones (excluding diaryl/α,β-unsaturated/α-hetero) is 1. The van der Waals surface area contributed by atoms with Crippen molar-refractivity contribution in [3.63, 3.8) is 0 Å². The van der Waals surface area contributed by atoms with Crippen LogP contribution in [0, 0.1) is 5.92 Å². The maximum Gasteiger partial charge on any atom is 0.234 e. The third-order valence-electron chi connectivity index (χ3n) is 4.49. The third-order valence-corrected chi connectivity index (χ3v) is 4.75. The lowest BCUT2D eigenvalue weighted by Crippen LogP contribution is -2.42. The van der Waals surface area contributed by atoms with Crippen molar-refractivity contribution in [2.75, 3.05) is 19.6 Å². The molecule has 1 aromatic carbocycles. The van der Waals surface area contributed by atoms with E-state index in [2.05, 4.69) is 10.2 Å². The summed E-state index contributed by atoms with van der Waals surface area (Å²) in [6.07, 6.45) is 3.13. The van der Waals surface area contributed by atoms with Crippen LogP contribution in [0.3, 0.4) is 0 Å². The minimum Gasteiger partial charge on any atom is -0.467 e. The molecule has 5 nitrogen and oxygen atoms in total. The van der Waals surface area contributed by atoms with Gasteiger partial charge in [0.1, 0.15) is 5.76 Å². The third kappa shape index (κ3) is 4.94. The van der Waals surface area contributed by atoms with E-state index in [9.17, 15) is 9.59 Å². The van der Waals surface area contributed by atoms with Gasteiger partial charge in [-0.05, 0) is 62.3 Å². The van der Waals surface area contributed by atoms with Crippen LogP contribution in [-0.2, 0) is 11.3 Å². The number of likely N-dealkylation sites (tertiary alicyclic amines) is 1. The van der Waals surface area contributed by atoms with Crippen molar-refractivity contribution < 1.29 is 14.0 Å². The highest BCUT2D eigenvalue weighted by Gasteiger charge is 2.26. The molecule has 1 fully saturated rings. The van der Waals surface area contributed by atoms with Gasteiger partial charge in [-0.1, -0.05) is 11.6 Å². The fraction of sp³-hybridized carbons (Fsp3) is 0.368. The van der Waals surface area contributed by atoms with Gasteiger partial charge in [0.15, 0.2) is 5.78 Å². The summed E-state index contributed by atoms with van der Waals surface area (Å²) in [5.41, 5.74) is 0.707. The molecule has 1 N–H and O–H groups in total. The van der Waals surface area contributed by atoms with Crippen LogP contribution in [0.15, 0.2) is 47.1 Å². The Bertz CT molecular complexity index is 705. The van der Waals surface area contributed by atoms with E-state index in [0.29, 0.717) is 23.7 Å². The fourth-order valence-electron chi connectivity index (χ4n) is 3.06. The number of carbonyl (C=O) groups is 2. The summed E-state index contributed by atoms with van der Waals surface area (Å²) >= 11 is 5.87. The number of carbonyl (C=O) groups excluding carboxylic acids is 2. The summed E-state index contributed by atoms with van der Waals surface area (Å²) in [5, 5.41) is 3.48. The molecule has 2 heterocycles. The number of hydrogen-bond acceptors (Lipinski definition) is 4. The molecule has 1 saturated heterocycles. The second-order valence-electron chi connectivity index (χ2n) is 6.28. The SMILES string of the molecule is O=C(CN1CCC(C(=O)c2ccc(Cl)cc2)CC1)NCc1ccco1. The number of piperidine rings is 1. The van der Waals surface area contributed by atoms with Gasteiger partial charge in [-0.15, -0.1) is 0 Å². The topological polar surface area (TPSA) is 62.6 Å². The van der Waals surface area contributed by atoms with Gasteiger partial charge in [0.25, 0.3) is 0 Å². The lowest BCUT2D eigenvalue weighted by atomic mass is 9.89. The quantitative estimate of drug-likeness (QED) is 0.804. The van der Waals surface area contributed by atoms with E-state index < -0.39 is 0 Å². The Morgan fingerprint density at radius 1 is 1.16 bits per heavy atom. The summed E-state index contributed by atoms with van der Waals surface area (Å²) in [6, 6.07) is 10.7. The normalized spacial score (nSPS) is 15.9. The summed E-state index contributed by atoms with van der Waals surface area (Å²) in [5.74, 6) is 0.890. The van der Waals surface area contributed by atoms with Gasteiger partial charge >= 0.3 is 0 Å². The van der Waals surface area contributed by atoms with Crippen molar-refractivity contribution in [2.24, 2.45) is 5.92 Å². The van der Waals surface area contributed by atoms with Gasteiger partial charge in [0, 0.05) is 16.5 Å². The molecule has 132 valence electrons. The highest BCUT2D eigenvalue weighted by atomic mass is 35.5. The number of halogens is 1. The fourth-order valence-corrected chi connectivity index (χ4v) is 3.19. The lowest BCUT2D eigenvalue weighted by molar-refractivity contribution is -0.122. The van der Waals surface area contributed by atoms with Gasteiger partial charge < -0.3 is 9.73 Å². The van der Waals surface area contributed by atoms with Crippen LogP contribution in [-0.4, -0.2) is 36.2 Å². The molecule has 0 radical (unpaired) electrons. The van der Waals surface area contributed by atoms with E-state index in [1.807, 2.05) is 6.07 Å². The molecular weight excluding hydrogens is 340 g/mol. The number of amides is 1. The Labute approximate surface area is 151 Å². The minimum absolute atomic E-state index is 0.0172. The molecule has 1 aromatic heterocycles. The molecule has 3 rings (SSSR count). The Morgan fingerprint density at radius 3 is 2.52 bits per heavy atom. The maximum atomic E-state index is 12.5. The standard InChI is InChI=1S/C19H21ClN2O3/c20-16-5-3-14(4-6-16)19(24)15-7-9-22(10-8-15)13-18(23)21-12-17-2-1-11-25-17/h1-6,11,15H,7-10,12-13H2,(H,21,23). The summed E-state index contributed by atoms with van der Waals surface area (Å²) in [7, 11) is 0. The number of nitrogens with zero attached hydrogens (tertiary/aromatic N) is 1. The Morgan fingerprint density at radius 2 is 1.88 bits per heavy atom. The molecule has 0 bridgehead atoms. The van der Waals surface area contributed by atoms with Crippen molar-refractivity contribution >= 4 is 23.3 Å². The van der Waals surface area contributed by atoms with Crippen molar-refractivity contribution in [1.82, 2.24) is 10.2 Å².